The van der Waals surface area contributed by atoms with E-state index in [0.717, 1.165) is 10.9 Å². The van der Waals surface area contributed by atoms with Crippen LogP contribution in [0.25, 0.3) is 10.1 Å². The van der Waals surface area contributed by atoms with Crippen LogP contribution in [-0.4, -0.2) is 11.2 Å². The van der Waals surface area contributed by atoms with Crippen molar-refractivity contribution in [2.45, 2.75) is 19.4 Å². The van der Waals surface area contributed by atoms with Gasteiger partial charge in [0.1, 0.15) is 0 Å². The first-order valence-corrected chi connectivity index (χ1v) is 6.18. The van der Waals surface area contributed by atoms with Crippen LogP contribution < -0.4 is 0 Å². The van der Waals surface area contributed by atoms with E-state index in [0.29, 0.717) is 0 Å². The first-order chi connectivity index (χ1) is 6.66. The number of aliphatic hydroxyl groups excluding tert-OH is 1. The summed E-state index contributed by atoms with van der Waals surface area (Å²) >= 11 is 5.18. The average Bonchev–Trinajstić information content (AvgIpc) is 2.47. The molecule has 1 nitrogen and oxygen atoms in total. The zero-order chi connectivity index (χ0) is 10.1. The predicted octanol–water partition coefficient (Wildman–Crippen LogP) is 3.59. The van der Waals surface area contributed by atoms with E-state index in [1.807, 2.05) is 13.0 Å². The smallest absolute Gasteiger partial charge is 0.0552 e. The van der Waals surface area contributed by atoms with Crippen LogP contribution >= 0.6 is 27.3 Å². The minimum Gasteiger partial charge on any atom is -0.393 e. The molecule has 1 heterocycles. The van der Waals surface area contributed by atoms with Crippen LogP contribution in [-0.2, 0) is 6.42 Å². The van der Waals surface area contributed by atoms with E-state index in [2.05, 4.69) is 33.4 Å². The first-order valence-electron chi connectivity index (χ1n) is 4.50. The first kappa shape index (κ1) is 10.1. The van der Waals surface area contributed by atoms with Crippen molar-refractivity contribution in [2.75, 3.05) is 0 Å². The molecule has 0 aliphatic rings. The van der Waals surface area contributed by atoms with Gasteiger partial charge in [0.25, 0.3) is 0 Å². The summed E-state index contributed by atoms with van der Waals surface area (Å²) in [4.78, 5) is 0. The number of hydrogen-bond donors (Lipinski definition) is 1. The molecule has 1 aromatic heterocycles. The topological polar surface area (TPSA) is 20.2 Å². The van der Waals surface area contributed by atoms with Gasteiger partial charge in [-0.1, -0.05) is 22.0 Å². The molecule has 0 aliphatic heterocycles. The van der Waals surface area contributed by atoms with Crippen LogP contribution in [0.1, 0.15) is 12.5 Å². The molecule has 0 spiro atoms. The van der Waals surface area contributed by atoms with Gasteiger partial charge in [0.2, 0.25) is 0 Å². The van der Waals surface area contributed by atoms with E-state index in [4.69, 9.17) is 0 Å². The van der Waals surface area contributed by atoms with Gasteiger partial charge < -0.3 is 5.11 Å². The molecule has 0 radical (unpaired) electrons. The summed E-state index contributed by atoms with van der Waals surface area (Å²) in [5, 5.41) is 12.7. The predicted molar refractivity (Wildman–Crippen MR) is 64.9 cm³/mol. The Morgan fingerprint density at radius 2 is 2.29 bits per heavy atom. The molecule has 0 saturated carbocycles. The molecule has 1 unspecified atom stereocenters. The zero-order valence-corrected chi connectivity index (χ0v) is 10.2. The van der Waals surface area contributed by atoms with Gasteiger partial charge in [0.15, 0.2) is 0 Å². The molecule has 0 amide bonds. The third-order valence-electron chi connectivity index (χ3n) is 2.13. The highest BCUT2D eigenvalue weighted by atomic mass is 79.9. The van der Waals surface area contributed by atoms with Gasteiger partial charge in [-0.25, -0.2) is 0 Å². The minimum absolute atomic E-state index is 0.267. The molecule has 74 valence electrons. The molecule has 0 saturated heterocycles. The van der Waals surface area contributed by atoms with Crippen molar-refractivity contribution < 1.29 is 5.11 Å². The molecule has 0 bridgehead atoms. The SMILES string of the molecule is CC(O)Cc1csc2cc(Br)ccc12. The summed E-state index contributed by atoms with van der Waals surface area (Å²) in [6.45, 7) is 1.82. The highest BCUT2D eigenvalue weighted by Gasteiger charge is 2.06. The lowest BCUT2D eigenvalue weighted by molar-refractivity contribution is 0.196. The second-order valence-corrected chi connectivity index (χ2v) is 5.28. The standard InChI is InChI=1S/C11H11BrOS/c1-7(13)4-8-6-14-11-5-9(12)2-3-10(8)11/h2-3,5-7,13H,4H2,1H3. The Kier molecular flexibility index (Phi) is 2.91. The number of halogens is 1. The summed E-state index contributed by atoms with van der Waals surface area (Å²) in [5.41, 5.74) is 1.24. The Bertz CT molecular complexity index is 447. The Balaban J connectivity index is 2.47. The van der Waals surface area contributed by atoms with Gasteiger partial charge >= 0.3 is 0 Å². The van der Waals surface area contributed by atoms with Crippen LogP contribution in [0.4, 0.5) is 0 Å². The van der Waals surface area contributed by atoms with Crippen LogP contribution in [0, 0.1) is 0 Å². The van der Waals surface area contributed by atoms with Crippen molar-refractivity contribution in [1.29, 1.82) is 0 Å². The zero-order valence-electron chi connectivity index (χ0n) is 7.83. The van der Waals surface area contributed by atoms with Gasteiger partial charge in [0, 0.05) is 9.17 Å². The third-order valence-corrected chi connectivity index (χ3v) is 3.62. The average molecular weight is 271 g/mol. The Morgan fingerprint density at radius 1 is 1.50 bits per heavy atom. The number of hydrogen-bond acceptors (Lipinski definition) is 2. The number of thiophene rings is 1. The summed E-state index contributed by atoms with van der Waals surface area (Å²) in [5.74, 6) is 0. The van der Waals surface area contributed by atoms with Gasteiger partial charge in [-0.05, 0) is 41.8 Å². The number of benzene rings is 1. The van der Waals surface area contributed by atoms with E-state index >= 15 is 0 Å². The van der Waals surface area contributed by atoms with Crippen molar-refractivity contribution in [1.82, 2.24) is 0 Å². The second kappa shape index (κ2) is 4.01. The van der Waals surface area contributed by atoms with Crippen LogP contribution in [0.2, 0.25) is 0 Å². The van der Waals surface area contributed by atoms with E-state index in [-0.39, 0.29) is 6.10 Å². The number of aliphatic hydroxyl groups is 1. The molecule has 1 aromatic carbocycles. The summed E-state index contributed by atoms with van der Waals surface area (Å²) in [7, 11) is 0. The number of fused-ring (bicyclic) bond motifs is 1. The molecule has 14 heavy (non-hydrogen) atoms. The minimum atomic E-state index is -0.267. The van der Waals surface area contributed by atoms with Crippen LogP contribution in [0.15, 0.2) is 28.1 Å². The maximum absolute atomic E-state index is 9.33. The molecule has 0 fully saturated rings. The number of rotatable bonds is 2. The fourth-order valence-electron chi connectivity index (χ4n) is 1.53. The van der Waals surface area contributed by atoms with Gasteiger partial charge in [0.05, 0.1) is 6.10 Å². The fourth-order valence-corrected chi connectivity index (χ4v) is 3.06. The van der Waals surface area contributed by atoms with Crippen LogP contribution in [0.3, 0.4) is 0 Å². The lowest BCUT2D eigenvalue weighted by Gasteiger charge is -2.02. The maximum Gasteiger partial charge on any atom is 0.0552 e. The van der Waals surface area contributed by atoms with Crippen molar-refractivity contribution >= 4 is 37.4 Å². The molecule has 3 heteroatoms. The van der Waals surface area contributed by atoms with Gasteiger partial charge in [-0.3, -0.25) is 0 Å². The quantitative estimate of drug-likeness (QED) is 0.885. The Labute approximate surface area is 95.5 Å². The van der Waals surface area contributed by atoms with Gasteiger partial charge in [-0.2, -0.15) is 0 Å². The normalized spacial score (nSPS) is 13.4. The highest BCUT2D eigenvalue weighted by Crippen LogP contribution is 2.29. The molecule has 1 N–H and O–H groups in total. The van der Waals surface area contributed by atoms with Crippen LogP contribution in [0.5, 0.6) is 0 Å². The molecule has 2 rings (SSSR count). The van der Waals surface area contributed by atoms with Crippen molar-refractivity contribution in [3.63, 3.8) is 0 Å². The summed E-state index contributed by atoms with van der Waals surface area (Å²) in [6, 6.07) is 6.26. The van der Waals surface area contributed by atoms with Crippen molar-refractivity contribution in [2.24, 2.45) is 0 Å². The third kappa shape index (κ3) is 2.00. The van der Waals surface area contributed by atoms with E-state index in [1.54, 1.807) is 11.3 Å². The van der Waals surface area contributed by atoms with E-state index in [1.165, 1.54) is 15.6 Å². The second-order valence-electron chi connectivity index (χ2n) is 3.45. The maximum atomic E-state index is 9.33. The fraction of sp³-hybridized carbons (Fsp3) is 0.273. The molecule has 2 aromatic rings. The largest absolute Gasteiger partial charge is 0.393 e. The van der Waals surface area contributed by atoms with Crippen molar-refractivity contribution in [3.8, 4) is 0 Å². The lowest BCUT2D eigenvalue weighted by Crippen LogP contribution is -2.03. The highest BCUT2D eigenvalue weighted by molar-refractivity contribution is 9.10. The van der Waals surface area contributed by atoms with Gasteiger partial charge in [-0.15, -0.1) is 11.3 Å². The van der Waals surface area contributed by atoms with E-state index in [9.17, 15) is 5.11 Å². The molecule has 0 aliphatic carbocycles. The monoisotopic (exact) mass is 270 g/mol. The Morgan fingerprint density at radius 3 is 3.00 bits per heavy atom. The Hall–Kier alpha value is -0.380. The van der Waals surface area contributed by atoms with E-state index < -0.39 is 0 Å². The lowest BCUT2D eigenvalue weighted by atomic mass is 10.1. The van der Waals surface area contributed by atoms with Crippen molar-refractivity contribution in [3.05, 3.63) is 33.6 Å². The molecular weight excluding hydrogens is 260 g/mol. The summed E-state index contributed by atoms with van der Waals surface area (Å²) < 4.78 is 2.38. The summed E-state index contributed by atoms with van der Waals surface area (Å²) in [6.07, 6.45) is 0.471. The molecular formula is C11H11BrOS. The molecule has 1 atom stereocenters.